The molecule has 6 fully saturated rings. The topological polar surface area (TPSA) is 0 Å². The van der Waals surface area contributed by atoms with Gasteiger partial charge in [0, 0.05) is 0 Å². The Morgan fingerprint density at radius 3 is 1.42 bits per heavy atom. The minimum atomic E-state index is -3.09. The van der Waals surface area contributed by atoms with E-state index in [-0.39, 0.29) is 4.62 Å². The van der Waals surface area contributed by atoms with Crippen molar-refractivity contribution < 1.29 is 0 Å². The third-order valence-corrected chi connectivity index (χ3v) is 36.4. The molecule has 0 nitrogen and oxygen atoms in total. The molecular formula is C39H61Cl2P2+. The third kappa shape index (κ3) is 5.02. The molecule has 4 heteroatoms. The van der Waals surface area contributed by atoms with E-state index in [4.69, 9.17) is 11.6 Å². The Balaban J connectivity index is 1.56. The van der Waals surface area contributed by atoms with Gasteiger partial charge in [-0.15, -0.1) is 0 Å². The van der Waals surface area contributed by atoms with E-state index in [9.17, 15) is 11.2 Å². The second-order valence-corrected chi connectivity index (χ2v) is 29.6. The summed E-state index contributed by atoms with van der Waals surface area (Å²) in [5.74, 6) is -3.09. The Labute approximate surface area is 275 Å². The Morgan fingerprint density at radius 2 is 1.00 bits per heavy atom. The Bertz CT molecular complexity index is 1020. The maximum atomic E-state index is 9.58. The third-order valence-electron chi connectivity index (χ3n) is 14.5. The average Bonchev–Trinajstić information content (AvgIpc) is 3.89. The fourth-order valence-electron chi connectivity index (χ4n) is 13.0. The van der Waals surface area contributed by atoms with E-state index >= 15 is 0 Å². The standard InChI is InChI=1S/C39H61Cl2P2/c40-39(30-14-15-31-39)43(41,36-24-10-11-25-36,37-26-12-13-27-37)38(29-28-32-16-2-1-3-17-32)42(33-18-4-5-19-33,34-20-6-7-21-34)35-22-8-9-23-35/h1-3,16-17,28-29,33-38H,4-15,18-27,30-31H2/q+1. The van der Waals surface area contributed by atoms with E-state index < -0.39 is 13.2 Å². The molecule has 0 radical (unpaired) electrons. The van der Waals surface area contributed by atoms with E-state index in [1.54, 1.807) is 0 Å². The van der Waals surface area contributed by atoms with Crippen LogP contribution in [0, 0.1) is 0 Å². The number of benzene rings is 1. The van der Waals surface area contributed by atoms with Crippen molar-refractivity contribution in [3.8, 4) is 0 Å². The van der Waals surface area contributed by atoms with Crippen LogP contribution >= 0.6 is 36.1 Å². The van der Waals surface area contributed by atoms with Crippen LogP contribution in [0.15, 0.2) is 36.4 Å². The molecule has 0 aliphatic heterocycles. The van der Waals surface area contributed by atoms with Crippen LogP contribution in [-0.4, -0.2) is 38.3 Å². The number of hydrogen-bond acceptors (Lipinski definition) is 0. The fourth-order valence-corrected chi connectivity index (χ4v) is 39.6. The van der Waals surface area contributed by atoms with Crippen LogP contribution in [0.2, 0.25) is 0 Å². The van der Waals surface area contributed by atoms with Crippen LogP contribution in [0.3, 0.4) is 0 Å². The van der Waals surface area contributed by atoms with Gasteiger partial charge < -0.3 is 0 Å². The molecule has 6 aliphatic carbocycles. The summed E-state index contributed by atoms with van der Waals surface area (Å²) >= 11 is 18.2. The summed E-state index contributed by atoms with van der Waals surface area (Å²) in [6.07, 6.45) is 39.5. The molecule has 1 aromatic carbocycles. The van der Waals surface area contributed by atoms with Crippen molar-refractivity contribution in [2.75, 3.05) is 0 Å². The minimum absolute atomic E-state index is 0.149. The summed E-state index contributed by atoms with van der Waals surface area (Å²) in [4.78, 5) is 0. The van der Waals surface area contributed by atoms with Crippen LogP contribution in [0.25, 0.3) is 6.08 Å². The van der Waals surface area contributed by atoms with Gasteiger partial charge >= 0.3 is 277 Å². The monoisotopic (exact) mass is 661 g/mol. The quantitative estimate of drug-likeness (QED) is 0.173. The number of rotatable bonds is 10. The summed E-state index contributed by atoms with van der Waals surface area (Å²) in [6, 6.07) is 11.4. The molecule has 6 saturated carbocycles. The predicted molar refractivity (Wildman–Crippen MR) is 197 cm³/mol. The first-order chi connectivity index (χ1) is 21.0. The van der Waals surface area contributed by atoms with Crippen LogP contribution in [0.1, 0.15) is 160 Å². The van der Waals surface area contributed by atoms with Crippen LogP contribution in [0.4, 0.5) is 0 Å². The SMILES string of the molecule is ClC1(P(Cl)(C2CCCC2)(C2CCCC2)C(C=Cc2ccccc2)[P+](C2CCCC2)(C2CCCC2)C2CCCC2)CCCC1. The summed E-state index contributed by atoms with van der Waals surface area (Å²) < 4.78 is -0.149. The molecule has 0 N–H and O–H groups in total. The van der Waals surface area contributed by atoms with Gasteiger partial charge in [0.25, 0.3) is 0 Å². The molecule has 43 heavy (non-hydrogen) atoms. The first-order valence-corrected chi connectivity index (χ1v) is 24.8. The van der Waals surface area contributed by atoms with Crippen LogP contribution in [-0.2, 0) is 0 Å². The molecular weight excluding hydrogens is 601 g/mol. The molecule has 0 spiro atoms. The molecule has 0 saturated heterocycles. The van der Waals surface area contributed by atoms with Crippen LogP contribution in [0.5, 0.6) is 0 Å². The van der Waals surface area contributed by atoms with Crippen molar-refractivity contribution in [2.45, 2.75) is 192 Å². The second-order valence-electron chi connectivity index (χ2n) is 16.1. The Kier molecular flexibility index (Phi) is 9.76. The normalized spacial score (nSPS) is 28.8. The number of hydrogen-bond donors (Lipinski definition) is 0. The van der Waals surface area contributed by atoms with Crippen molar-refractivity contribution in [3.63, 3.8) is 0 Å². The van der Waals surface area contributed by atoms with Crippen molar-refractivity contribution in [2.24, 2.45) is 0 Å². The van der Waals surface area contributed by atoms with E-state index in [2.05, 4.69) is 42.5 Å². The number of allylic oxidation sites excluding steroid dienone is 1. The van der Waals surface area contributed by atoms with Gasteiger partial charge in [-0.1, -0.05) is 0 Å². The van der Waals surface area contributed by atoms with Crippen molar-refractivity contribution in [1.82, 2.24) is 0 Å². The summed E-state index contributed by atoms with van der Waals surface area (Å²) in [6.45, 7) is 0. The van der Waals surface area contributed by atoms with E-state index in [1.165, 1.54) is 160 Å². The Hall–Kier alpha value is 0.400. The molecule has 0 aromatic heterocycles. The van der Waals surface area contributed by atoms with Gasteiger partial charge in [-0.2, -0.15) is 0 Å². The van der Waals surface area contributed by atoms with Gasteiger partial charge in [0.2, 0.25) is 0 Å². The molecule has 6 aliphatic rings. The zero-order valence-corrected chi connectivity index (χ0v) is 30.4. The molecule has 240 valence electrons. The first-order valence-electron chi connectivity index (χ1n) is 19.0. The van der Waals surface area contributed by atoms with E-state index in [1.807, 2.05) is 0 Å². The predicted octanol–water partition coefficient (Wildman–Crippen LogP) is 14.0. The number of alkyl halides is 1. The Morgan fingerprint density at radius 1 is 0.605 bits per heavy atom. The first kappa shape index (κ1) is 32.0. The summed E-state index contributed by atoms with van der Waals surface area (Å²) in [5.41, 5.74) is 5.64. The van der Waals surface area contributed by atoms with Crippen molar-refractivity contribution in [3.05, 3.63) is 42.0 Å². The summed E-state index contributed by atoms with van der Waals surface area (Å²) in [5, 5.41) is 0.594. The van der Waals surface area contributed by atoms with E-state index in [0.29, 0.717) is 16.7 Å². The molecule has 1 atom stereocenters. The average molecular weight is 663 g/mol. The van der Waals surface area contributed by atoms with Gasteiger partial charge in [-0.25, -0.2) is 0 Å². The van der Waals surface area contributed by atoms with Gasteiger partial charge in [0.1, 0.15) is 0 Å². The van der Waals surface area contributed by atoms with Gasteiger partial charge in [-0.3, -0.25) is 0 Å². The van der Waals surface area contributed by atoms with E-state index in [0.717, 1.165) is 17.0 Å². The second kappa shape index (κ2) is 13.1. The maximum absolute atomic E-state index is 9.58. The number of halogens is 2. The van der Waals surface area contributed by atoms with Crippen molar-refractivity contribution in [1.29, 1.82) is 0 Å². The van der Waals surface area contributed by atoms with Gasteiger partial charge in [0.05, 0.1) is 0 Å². The summed E-state index contributed by atoms with van der Waals surface area (Å²) in [7, 11) is -1.52. The zero-order chi connectivity index (χ0) is 29.4. The molecule has 7 rings (SSSR count). The van der Waals surface area contributed by atoms with Crippen molar-refractivity contribution >= 4 is 42.1 Å². The molecule has 1 aromatic rings. The molecule has 0 heterocycles. The fraction of sp³-hybridized carbons (Fsp3) is 0.795. The zero-order valence-electron chi connectivity index (χ0n) is 27.1. The van der Waals surface area contributed by atoms with Gasteiger partial charge in [-0.05, 0) is 0 Å². The molecule has 1 unspecified atom stereocenters. The molecule has 0 bridgehead atoms. The molecule has 0 amide bonds. The van der Waals surface area contributed by atoms with Crippen LogP contribution < -0.4 is 0 Å². The van der Waals surface area contributed by atoms with Gasteiger partial charge in [0.15, 0.2) is 0 Å².